The maximum absolute atomic E-state index is 11.0. The zero-order chi connectivity index (χ0) is 9.19. The van der Waals surface area contributed by atoms with E-state index in [0.29, 0.717) is 5.57 Å². The fraction of sp³-hybridized carbons (Fsp3) is 0.375. The van der Waals surface area contributed by atoms with E-state index in [0.717, 1.165) is 0 Å². The average molecular weight is 169 g/mol. The molecule has 4 nitrogen and oxygen atoms in total. The second-order valence-electron chi connectivity index (χ2n) is 2.71. The van der Waals surface area contributed by atoms with Crippen molar-refractivity contribution in [3.8, 4) is 0 Å². The smallest absolute Gasteiger partial charge is 0.333 e. The first-order valence-corrected chi connectivity index (χ1v) is 3.53. The summed E-state index contributed by atoms with van der Waals surface area (Å²) >= 11 is 0. The van der Waals surface area contributed by atoms with Gasteiger partial charge in [0.2, 0.25) is 0 Å². The summed E-state index contributed by atoms with van der Waals surface area (Å²) in [5.74, 6) is -0.455. The summed E-state index contributed by atoms with van der Waals surface area (Å²) in [5.41, 5.74) is 4.34. The summed E-state index contributed by atoms with van der Waals surface area (Å²) in [6.07, 6.45) is 4.64. The number of rotatable bonds is 1. The molecule has 0 heterocycles. The van der Waals surface area contributed by atoms with Crippen LogP contribution in [0.15, 0.2) is 23.8 Å². The number of esters is 1. The topological polar surface area (TPSA) is 72.5 Å². The molecular weight excluding hydrogens is 158 g/mol. The summed E-state index contributed by atoms with van der Waals surface area (Å²) in [6, 6.07) is 0. The van der Waals surface area contributed by atoms with E-state index in [1.165, 1.54) is 19.3 Å². The van der Waals surface area contributed by atoms with Crippen molar-refractivity contribution in [1.29, 1.82) is 0 Å². The molecule has 0 aromatic rings. The highest BCUT2D eigenvalue weighted by Gasteiger charge is 2.25. The van der Waals surface area contributed by atoms with Gasteiger partial charge >= 0.3 is 5.97 Å². The van der Waals surface area contributed by atoms with Crippen molar-refractivity contribution in [2.24, 2.45) is 5.73 Å². The van der Waals surface area contributed by atoms with E-state index in [2.05, 4.69) is 4.74 Å². The SMILES string of the molecule is COC(=O)C1=CC=CC(N)(O)C1. The Morgan fingerprint density at radius 3 is 3.00 bits per heavy atom. The molecule has 0 saturated carbocycles. The van der Waals surface area contributed by atoms with E-state index >= 15 is 0 Å². The number of ether oxygens (including phenoxy) is 1. The summed E-state index contributed by atoms with van der Waals surface area (Å²) in [7, 11) is 1.29. The van der Waals surface area contributed by atoms with E-state index in [1.807, 2.05) is 0 Å². The number of hydrogen-bond acceptors (Lipinski definition) is 4. The number of hydrogen-bond donors (Lipinski definition) is 2. The van der Waals surface area contributed by atoms with Crippen molar-refractivity contribution in [2.45, 2.75) is 12.1 Å². The number of methoxy groups -OCH3 is 1. The molecule has 1 atom stereocenters. The normalized spacial score (nSPS) is 28.1. The maximum atomic E-state index is 11.0. The van der Waals surface area contributed by atoms with Gasteiger partial charge in [0.05, 0.1) is 7.11 Å². The van der Waals surface area contributed by atoms with Crippen LogP contribution in [-0.4, -0.2) is 23.9 Å². The van der Waals surface area contributed by atoms with Gasteiger partial charge in [-0.1, -0.05) is 12.2 Å². The monoisotopic (exact) mass is 169 g/mol. The van der Waals surface area contributed by atoms with E-state index in [-0.39, 0.29) is 6.42 Å². The van der Waals surface area contributed by atoms with Crippen LogP contribution in [0, 0.1) is 0 Å². The molecule has 0 bridgehead atoms. The lowest BCUT2D eigenvalue weighted by Crippen LogP contribution is -2.39. The summed E-state index contributed by atoms with van der Waals surface area (Å²) < 4.78 is 4.48. The largest absolute Gasteiger partial charge is 0.466 e. The van der Waals surface area contributed by atoms with Crippen molar-refractivity contribution in [3.05, 3.63) is 23.8 Å². The van der Waals surface area contributed by atoms with Gasteiger partial charge in [-0.3, -0.25) is 0 Å². The van der Waals surface area contributed by atoms with Gasteiger partial charge in [0.15, 0.2) is 0 Å². The Balaban J connectivity index is 2.76. The van der Waals surface area contributed by atoms with Crippen molar-refractivity contribution in [1.82, 2.24) is 0 Å². The van der Waals surface area contributed by atoms with Crippen LogP contribution < -0.4 is 5.73 Å². The van der Waals surface area contributed by atoms with Gasteiger partial charge in [-0.2, -0.15) is 0 Å². The quantitative estimate of drug-likeness (QED) is 0.417. The molecular formula is C8H11NO3. The highest BCUT2D eigenvalue weighted by atomic mass is 16.5. The minimum atomic E-state index is -1.42. The van der Waals surface area contributed by atoms with Crippen LogP contribution in [0.1, 0.15) is 6.42 Å². The first kappa shape index (κ1) is 8.96. The van der Waals surface area contributed by atoms with Gasteiger partial charge in [-0.15, -0.1) is 0 Å². The molecule has 0 saturated heterocycles. The van der Waals surface area contributed by atoms with Gasteiger partial charge in [-0.25, -0.2) is 4.79 Å². The molecule has 1 unspecified atom stereocenters. The Morgan fingerprint density at radius 1 is 1.83 bits per heavy atom. The second kappa shape index (κ2) is 3.08. The van der Waals surface area contributed by atoms with E-state index in [1.54, 1.807) is 6.08 Å². The van der Waals surface area contributed by atoms with Crippen LogP contribution in [0.3, 0.4) is 0 Å². The minimum Gasteiger partial charge on any atom is -0.466 e. The number of aliphatic hydroxyl groups is 1. The molecule has 0 aromatic heterocycles. The zero-order valence-electron chi connectivity index (χ0n) is 6.78. The molecule has 66 valence electrons. The van der Waals surface area contributed by atoms with Gasteiger partial charge in [-0.05, 0) is 6.08 Å². The van der Waals surface area contributed by atoms with Gasteiger partial charge < -0.3 is 15.6 Å². The zero-order valence-corrected chi connectivity index (χ0v) is 6.78. The Hall–Kier alpha value is -1.13. The Labute approximate surface area is 70.3 Å². The van der Waals surface area contributed by atoms with E-state index in [9.17, 15) is 9.90 Å². The van der Waals surface area contributed by atoms with E-state index in [4.69, 9.17) is 5.73 Å². The number of allylic oxidation sites excluding steroid dienone is 2. The lowest BCUT2D eigenvalue weighted by atomic mass is 9.98. The van der Waals surface area contributed by atoms with Gasteiger partial charge in [0.25, 0.3) is 0 Å². The third-order valence-electron chi connectivity index (χ3n) is 1.60. The standard InChI is InChI=1S/C8H11NO3/c1-12-7(10)6-3-2-4-8(9,11)5-6/h2-4,11H,5,9H2,1H3. The van der Waals surface area contributed by atoms with Crippen LogP contribution in [0.4, 0.5) is 0 Å². The molecule has 0 radical (unpaired) electrons. The average Bonchev–Trinajstić information content (AvgIpc) is 2.01. The first-order chi connectivity index (χ1) is 5.55. The molecule has 12 heavy (non-hydrogen) atoms. The number of carbonyl (C=O) groups excluding carboxylic acids is 1. The number of nitrogens with two attached hydrogens (primary N) is 1. The summed E-state index contributed by atoms with van der Waals surface area (Å²) in [5, 5.41) is 9.33. The van der Waals surface area contributed by atoms with Crippen LogP contribution in [0.5, 0.6) is 0 Å². The Morgan fingerprint density at radius 2 is 2.50 bits per heavy atom. The molecule has 1 rings (SSSR count). The van der Waals surface area contributed by atoms with Crippen molar-refractivity contribution in [2.75, 3.05) is 7.11 Å². The van der Waals surface area contributed by atoms with Crippen LogP contribution in [0.2, 0.25) is 0 Å². The highest BCUT2D eigenvalue weighted by molar-refractivity contribution is 5.89. The predicted octanol–water partition coefficient (Wildman–Crippen LogP) is -0.307. The third-order valence-corrected chi connectivity index (χ3v) is 1.60. The third kappa shape index (κ3) is 1.93. The lowest BCUT2D eigenvalue weighted by Gasteiger charge is -2.22. The molecule has 1 aliphatic rings. The van der Waals surface area contributed by atoms with E-state index < -0.39 is 11.7 Å². The van der Waals surface area contributed by atoms with Crippen molar-refractivity contribution >= 4 is 5.97 Å². The Bertz CT molecular complexity index is 253. The van der Waals surface area contributed by atoms with Gasteiger partial charge in [0.1, 0.15) is 5.72 Å². The molecule has 0 aromatic carbocycles. The van der Waals surface area contributed by atoms with Crippen molar-refractivity contribution in [3.63, 3.8) is 0 Å². The Kier molecular flexibility index (Phi) is 2.30. The van der Waals surface area contributed by atoms with Gasteiger partial charge in [0, 0.05) is 12.0 Å². The molecule has 0 spiro atoms. The molecule has 0 amide bonds. The summed E-state index contributed by atoms with van der Waals surface area (Å²) in [6.45, 7) is 0. The molecule has 1 aliphatic carbocycles. The van der Waals surface area contributed by atoms with Crippen LogP contribution >= 0.6 is 0 Å². The second-order valence-corrected chi connectivity index (χ2v) is 2.71. The molecule has 0 aliphatic heterocycles. The highest BCUT2D eigenvalue weighted by Crippen LogP contribution is 2.18. The van der Waals surface area contributed by atoms with Crippen LogP contribution in [-0.2, 0) is 9.53 Å². The predicted molar refractivity (Wildman–Crippen MR) is 43.0 cm³/mol. The summed E-state index contributed by atoms with van der Waals surface area (Å²) in [4.78, 5) is 11.0. The minimum absolute atomic E-state index is 0.0934. The lowest BCUT2D eigenvalue weighted by molar-refractivity contribution is -0.136. The van der Waals surface area contributed by atoms with Crippen LogP contribution in [0.25, 0.3) is 0 Å². The van der Waals surface area contributed by atoms with Crippen molar-refractivity contribution < 1.29 is 14.6 Å². The molecule has 3 N–H and O–H groups in total. The number of carbonyl (C=O) groups is 1. The maximum Gasteiger partial charge on any atom is 0.333 e. The fourth-order valence-corrected chi connectivity index (χ4v) is 1.03. The first-order valence-electron chi connectivity index (χ1n) is 3.53. The molecule has 4 heteroatoms. The fourth-order valence-electron chi connectivity index (χ4n) is 1.03. The molecule has 0 fully saturated rings.